The molecule has 0 saturated carbocycles. The Hall–Kier alpha value is -2.78. The van der Waals surface area contributed by atoms with Crippen LogP contribution < -0.4 is 0 Å². The largest absolute Gasteiger partial charge is 0.339 e. The van der Waals surface area contributed by atoms with Gasteiger partial charge in [0, 0.05) is 44.7 Å². The molecule has 2 aromatic heterocycles. The Balaban J connectivity index is 1.33. The summed E-state index contributed by atoms with van der Waals surface area (Å²) in [4.78, 5) is 29.9. The second-order valence-electron chi connectivity index (χ2n) is 6.77. The molecular weight excluding hydrogens is 406 g/mol. The van der Waals surface area contributed by atoms with Crippen LogP contribution in [0.15, 0.2) is 47.8 Å². The predicted molar refractivity (Wildman–Crippen MR) is 114 cm³/mol. The maximum absolute atomic E-state index is 12.7. The van der Waals surface area contributed by atoms with Crippen molar-refractivity contribution in [1.82, 2.24) is 24.6 Å². The number of H-pyrrole nitrogens is 1. The number of amides is 2. The van der Waals surface area contributed by atoms with Gasteiger partial charge in [0.15, 0.2) is 10.6 Å². The lowest BCUT2D eigenvalue weighted by Gasteiger charge is -2.35. The van der Waals surface area contributed by atoms with Crippen LogP contribution in [0.4, 0.5) is 0 Å². The molecule has 0 unspecified atom stereocenters. The zero-order valence-corrected chi connectivity index (χ0v) is 17.4. The van der Waals surface area contributed by atoms with Crippen LogP contribution in [-0.2, 0) is 11.3 Å². The minimum Gasteiger partial charge on any atom is -0.339 e. The van der Waals surface area contributed by atoms with E-state index in [1.54, 1.807) is 16.2 Å². The molecule has 1 saturated heterocycles. The van der Waals surface area contributed by atoms with Gasteiger partial charge in [-0.15, -0.1) is 11.3 Å². The van der Waals surface area contributed by atoms with Gasteiger partial charge in [-0.25, -0.2) is 0 Å². The van der Waals surface area contributed by atoms with E-state index in [1.165, 1.54) is 0 Å². The number of nitrogens with one attached hydrogen (secondary N) is 1. The van der Waals surface area contributed by atoms with E-state index in [2.05, 4.69) is 10.2 Å². The first-order chi connectivity index (χ1) is 14.1. The molecule has 9 heteroatoms. The number of benzene rings is 1. The van der Waals surface area contributed by atoms with Crippen molar-refractivity contribution in [2.75, 3.05) is 26.2 Å². The van der Waals surface area contributed by atoms with Crippen LogP contribution in [0.2, 0.25) is 0 Å². The van der Waals surface area contributed by atoms with Gasteiger partial charge in [0.25, 0.3) is 5.91 Å². The highest BCUT2D eigenvalue weighted by Gasteiger charge is 2.25. The van der Waals surface area contributed by atoms with Crippen molar-refractivity contribution in [1.29, 1.82) is 0 Å². The molecule has 29 heavy (non-hydrogen) atoms. The molecule has 1 aliphatic heterocycles. The Labute approximate surface area is 177 Å². The number of nitrogens with zero attached hydrogens (tertiary/aromatic N) is 4. The third-order valence-electron chi connectivity index (χ3n) is 4.99. The minimum atomic E-state index is 0.0167. The van der Waals surface area contributed by atoms with E-state index in [0.717, 1.165) is 10.7 Å². The highest BCUT2D eigenvalue weighted by molar-refractivity contribution is 7.71. The fourth-order valence-corrected chi connectivity index (χ4v) is 4.35. The van der Waals surface area contributed by atoms with Crippen LogP contribution in [-0.4, -0.2) is 62.6 Å². The zero-order chi connectivity index (χ0) is 20.2. The Morgan fingerprint density at radius 2 is 1.76 bits per heavy atom. The highest BCUT2D eigenvalue weighted by atomic mass is 32.1. The predicted octanol–water partition coefficient (Wildman–Crippen LogP) is 3.04. The van der Waals surface area contributed by atoms with Crippen molar-refractivity contribution in [3.8, 4) is 10.7 Å². The van der Waals surface area contributed by atoms with Crippen molar-refractivity contribution in [3.63, 3.8) is 0 Å². The van der Waals surface area contributed by atoms with Gasteiger partial charge in [-0.3, -0.25) is 19.3 Å². The first kappa shape index (κ1) is 19.5. The van der Waals surface area contributed by atoms with Crippen LogP contribution in [0, 0.1) is 4.77 Å². The van der Waals surface area contributed by atoms with E-state index in [-0.39, 0.29) is 11.8 Å². The number of aromatic nitrogens is 3. The van der Waals surface area contributed by atoms with Gasteiger partial charge in [0.05, 0.1) is 4.88 Å². The van der Waals surface area contributed by atoms with Gasteiger partial charge >= 0.3 is 0 Å². The van der Waals surface area contributed by atoms with E-state index in [9.17, 15) is 9.59 Å². The number of piperazine rings is 1. The van der Waals surface area contributed by atoms with Crippen LogP contribution in [0.1, 0.15) is 16.8 Å². The van der Waals surface area contributed by atoms with Crippen LogP contribution in [0.3, 0.4) is 0 Å². The molecule has 7 nitrogen and oxygen atoms in total. The molecule has 1 fully saturated rings. The van der Waals surface area contributed by atoms with Gasteiger partial charge in [-0.05, 0) is 35.8 Å². The summed E-state index contributed by atoms with van der Waals surface area (Å²) in [5.74, 6) is 0.844. The summed E-state index contributed by atoms with van der Waals surface area (Å²) in [5.41, 5.74) is 0.683. The van der Waals surface area contributed by atoms with E-state index in [4.69, 9.17) is 12.2 Å². The highest BCUT2D eigenvalue weighted by Crippen LogP contribution is 2.23. The zero-order valence-electron chi connectivity index (χ0n) is 15.8. The molecule has 0 bridgehead atoms. The van der Waals surface area contributed by atoms with Crippen molar-refractivity contribution in [2.24, 2.45) is 0 Å². The maximum atomic E-state index is 12.7. The quantitative estimate of drug-likeness (QED) is 0.635. The molecule has 1 aliphatic rings. The molecule has 0 atom stereocenters. The second kappa shape index (κ2) is 8.71. The van der Waals surface area contributed by atoms with Crippen molar-refractivity contribution >= 4 is 35.4 Å². The van der Waals surface area contributed by atoms with Crippen LogP contribution in [0.25, 0.3) is 10.7 Å². The fourth-order valence-electron chi connectivity index (χ4n) is 3.41. The molecule has 150 valence electrons. The van der Waals surface area contributed by atoms with Gasteiger partial charge in [-0.2, -0.15) is 5.10 Å². The molecular formula is C20H21N5O2S2. The first-order valence-electron chi connectivity index (χ1n) is 9.44. The maximum Gasteiger partial charge on any atom is 0.253 e. The number of rotatable bonds is 5. The smallest absolute Gasteiger partial charge is 0.253 e. The lowest BCUT2D eigenvalue weighted by Crippen LogP contribution is -2.50. The van der Waals surface area contributed by atoms with Gasteiger partial charge < -0.3 is 9.80 Å². The number of carbonyl (C=O) groups excluding carboxylic acids is 2. The standard InChI is InChI=1S/C20H21N5O2S2/c26-17(8-9-25-18(21-22-20(25)28)16-7-4-14-29-16)23-10-12-24(13-11-23)19(27)15-5-2-1-3-6-15/h1-7,14H,8-13H2,(H,22,28). The minimum absolute atomic E-state index is 0.0167. The molecule has 0 spiro atoms. The van der Waals surface area contributed by atoms with Crippen LogP contribution in [0.5, 0.6) is 0 Å². The molecule has 0 radical (unpaired) electrons. The Morgan fingerprint density at radius 1 is 1.03 bits per heavy atom. The number of hydrogen-bond donors (Lipinski definition) is 1. The van der Waals surface area contributed by atoms with E-state index < -0.39 is 0 Å². The van der Waals surface area contributed by atoms with Crippen molar-refractivity contribution < 1.29 is 9.59 Å². The van der Waals surface area contributed by atoms with Gasteiger partial charge in [-0.1, -0.05) is 24.3 Å². The lowest BCUT2D eigenvalue weighted by atomic mass is 10.2. The summed E-state index contributed by atoms with van der Waals surface area (Å²) >= 11 is 6.91. The summed E-state index contributed by atoms with van der Waals surface area (Å²) in [5, 5.41) is 9.09. The number of carbonyl (C=O) groups is 2. The second-order valence-corrected chi connectivity index (χ2v) is 8.10. The summed E-state index contributed by atoms with van der Waals surface area (Å²) < 4.78 is 2.38. The lowest BCUT2D eigenvalue weighted by molar-refractivity contribution is -0.132. The summed E-state index contributed by atoms with van der Waals surface area (Å²) in [6.45, 7) is 2.67. The average molecular weight is 428 g/mol. The molecule has 3 aromatic rings. The monoisotopic (exact) mass is 427 g/mol. The number of aromatic amines is 1. The Bertz CT molecular complexity index is 1030. The Kier molecular flexibility index (Phi) is 5.86. The van der Waals surface area contributed by atoms with Crippen molar-refractivity contribution in [2.45, 2.75) is 13.0 Å². The molecule has 1 N–H and O–H groups in total. The molecule has 2 amide bonds. The van der Waals surface area contributed by atoms with E-state index >= 15 is 0 Å². The molecule has 0 aliphatic carbocycles. The fraction of sp³-hybridized carbons (Fsp3) is 0.300. The average Bonchev–Trinajstić information content (AvgIpc) is 3.42. The van der Waals surface area contributed by atoms with E-state index in [1.807, 2.05) is 57.3 Å². The first-order valence-corrected chi connectivity index (χ1v) is 10.7. The summed E-state index contributed by atoms with van der Waals surface area (Å²) in [6.07, 6.45) is 0.346. The third-order valence-corrected chi connectivity index (χ3v) is 6.17. The van der Waals surface area contributed by atoms with E-state index in [0.29, 0.717) is 49.5 Å². The van der Waals surface area contributed by atoms with Crippen molar-refractivity contribution in [3.05, 3.63) is 58.2 Å². The van der Waals surface area contributed by atoms with Gasteiger partial charge in [0.2, 0.25) is 5.91 Å². The molecule has 4 rings (SSSR count). The summed E-state index contributed by atoms with van der Waals surface area (Å²) in [7, 11) is 0. The number of thiophene rings is 1. The number of hydrogen-bond acceptors (Lipinski definition) is 5. The van der Waals surface area contributed by atoms with Crippen LogP contribution >= 0.6 is 23.6 Å². The molecule has 1 aromatic carbocycles. The van der Waals surface area contributed by atoms with Gasteiger partial charge in [0.1, 0.15) is 0 Å². The normalized spacial score (nSPS) is 14.2. The molecule has 3 heterocycles. The third kappa shape index (κ3) is 4.30. The Morgan fingerprint density at radius 3 is 2.45 bits per heavy atom. The SMILES string of the molecule is O=C(CCn1c(-c2cccs2)n[nH]c1=S)N1CCN(C(=O)c2ccccc2)CC1. The summed E-state index contributed by atoms with van der Waals surface area (Å²) in [6, 6.07) is 13.2. The topological polar surface area (TPSA) is 74.2 Å².